The fraction of sp³-hybridized carbons (Fsp3) is 0.483. The highest BCUT2D eigenvalue weighted by Crippen LogP contribution is 2.44. The molecule has 3 fully saturated rings. The molecule has 7 nitrogen and oxygen atoms in total. The van der Waals surface area contributed by atoms with Gasteiger partial charge in [-0.05, 0) is 53.9 Å². The van der Waals surface area contributed by atoms with Gasteiger partial charge in [0.25, 0.3) is 0 Å². The normalized spacial score (nSPS) is 28.5. The fourth-order valence-electron chi connectivity index (χ4n) is 6.98. The van der Waals surface area contributed by atoms with Crippen molar-refractivity contribution in [1.29, 1.82) is 5.26 Å². The van der Waals surface area contributed by atoms with E-state index in [0.29, 0.717) is 25.4 Å². The van der Waals surface area contributed by atoms with Crippen molar-refractivity contribution in [3.05, 3.63) is 70.8 Å². The molecule has 4 aliphatic rings. The summed E-state index contributed by atoms with van der Waals surface area (Å²) in [7, 11) is 0. The van der Waals surface area contributed by atoms with Crippen molar-refractivity contribution < 1.29 is 9.59 Å². The standard InChI is InChI=1S/C29H33N5O2/c1-18-12-21(14-30)33(15-18)28(35)25(31)17-32-16-22-13-26(32)29(36)34(22)27-23-8-4-2-6-19(23)10-11-20-7-3-5-9-24(20)27/h2-9,18,21-22,25-27H,10-13,15-17,31H2,1H3/t18?,21?,22-,25?,26?/m0/s1. The predicted octanol–water partition coefficient (Wildman–Crippen LogP) is 2.25. The Morgan fingerprint density at radius 1 is 1.06 bits per heavy atom. The van der Waals surface area contributed by atoms with Crippen molar-refractivity contribution in [2.75, 3.05) is 19.6 Å². The molecule has 6 rings (SSSR count). The number of nitrogens with zero attached hydrogens (tertiary/aromatic N) is 4. The molecule has 0 saturated carbocycles. The molecular weight excluding hydrogens is 450 g/mol. The molecule has 1 aliphatic carbocycles. The Morgan fingerprint density at radius 2 is 1.69 bits per heavy atom. The highest BCUT2D eigenvalue weighted by atomic mass is 16.2. The zero-order valence-corrected chi connectivity index (χ0v) is 20.7. The molecule has 2 aromatic rings. The highest BCUT2D eigenvalue weighted by molar-refractivity contribution is 5.87. The Bertz CT molecular complexity index is 1190. The van der Waals surface area contributed by atoms with E-state index in [1.54, 1.807) is 4.90 Å². The van der Waals surface area contributed by atoms with E-state index in [4.69, 9.17) is 5.73 Å². The smallest absolute Gasteiger partial charge is 0.241 e. The van der Waals surface area contributed by atoms with Gasteiger partial charge >= 0.3 is 0 Å². The number of amides is 2. The minimum atomic E-state index is -0.730. The Hall–Kier alpha value is -3.21. The first-order valence-corrected chi connectivity index (χ1v) is 13.1. The van der Waals surface area contributed by atoms with Gasteiger partial charge < -0.3 is 15.5 Å². The van der Waals surface area contributed by atoms with Crippen LogP contribution >= 0.6 is 0 Å². The van der Waals surface area contributed by atoms with Crippen LogP contribution in [-0.4, -0.2) is 70.3 Å². The summed E-state index contributed by atoms with van der Waals surface area (Å²) < 4.78 is 0. The van der Waals surface area contributed by atoms with E-state index in [-0.39, 0.29) is 29.9 Å². The predicted molar refractivity (Wildman–Crippen MR) is 136 cm³/mol. The lowest BCUT2D eigenvalue weighted by atomic mass is 9.92. The van der Waals surface area contributed by atoms with Gasteiger partial charge in [-0.25, -0.2) is 0 Å². The maximum atomic E-state index is 13.9. The van der Waals surface area contributed by atoms with Gasteiger partial charge in [0.15, 0.2) is 0 Å². The molecule has 3 saturated heterocycles. The van der Waals surface area contributed by atoms with Crippen molar-refractivity contribution in [3.8, 4) is 6.07 Å². The van der Waals surface area contributed by atoms with Crippen molar-refractivity contribution in [1.82, 2.24) is 14.7 Å². The van der Waals surface area contributed by atoms with Crippen LogP contribution in [0.1, 0.15) is 48.1 Å². The van der Waals surface area contributed by atoms with Gasteiger partial charge in [-0.3, -0.25) is 14.5 Å². The number of carbonyl (C=O) groups is 2. The van der Waals surface area contributed by atoms with Crippen LogP contribution in [0.5, 0.6) is 0 Å². The summed E-state index contributed by atoms with van der Waals surface area (Å²) in [4.78, 5) is 32.8. The van der Waals surface area contributed by atoms with Crippen molar-refractivity contribution in [3.63, 3.8) is 0 Å². The summed E-state index contributed by atoms with van der Waals surface area (Å²) in [5, 5.41) is 9.46. The third kappa shape index (κ3) is 3.71. The first kappa shape index (κ1) is 23.2. The molecule has 2 N–H and O–H groups in total. The van der Waals surface area contributed by atoms with Crippen LogP contribution in [-0.2, 0) is 22.4 Å². The number of fused-ring (bicyclic) bond motifs is 4. The summed E-state index contributed by atoms with van der Waals surface area (Å²) in [6.45, 7) is 3.69. The van der Waals surface area contributed by atoms with Crippen LogP contribution < -0.4 is 5.73 Å². The maximum absolute atomic E-state index is 13.9. The van der Waals surface area contributed by atoms with Crippen LogP contribution in [0.3, 0.4) is 0 Å². The minimum Gasteiger partial charge on any atom is -0.326 e. The summed E-state index contributed by atoms with van der Waals surface area (Å²) in [5.74, 6) is 0.255. The monoisotopic (exact) mass is 483 g/mol. The number of benzene rings is 2. The van der Waals surface area contributed by atoms with Crippen LogP contribution in [0.4, 0.5) is 0 Å². The third-order valence-corrected chi connectivity index (χ3v) is 8.65. The summed E-state index contributed by atoms with van der Waals surface area (Å²) in [5.41, 5.74) is 11.5. The van der Waals surface area contributed by atoms with E-state index in [9.17, 15) is 14.9 Å². The average molecular weight is 484 g/mol. The average Bonchev–Trinajstić information content (AvgIpc) is 3.53. The molecule has 36 heavy (non-hydrogen) atoms. The number of hydrogen-bond acceptors (Lipinski definition) is 5. The number of piperazine rings is 1. The first-order chi connectivity index (χ1) is 17.5. The molecule has 0 radical (unpaired) electrons. The first-order valence-electron chi connectivity index (χ1n) is 13.1. The Morgan fingerprint density at radius 3 is 2.31 bits per heavy atom. The second-order valence-corrected chi connectivity index (χ2v) is 11.0. The van der Waals surface area contributed by atoms with Gasteiger partial charge in [0.2, 0.25) is 11.8 Å². The number of carbonyl (C=O) groups excluding carboxylic acids is 2. The number of nitriles is 1. The second kappa shape index (κ2) is 9.02. The topological polar surface area (TPSA) is 93.7 Å². The number of hydrogen-bond donors (Lipinski definition) is 1. The zero-order chi connectivity index (χ0) is 25.0. The lowest BCUT2D eigenvalue weighted by molar-refractivity contribution is -0.140. The van der Waals surface area contributed by atoms with E-state index in [1.165, 1.54) is 22.3 Å². The van der Waals surface area contributed by atoms with E-state index >= 15 is 0 Å². The number of likely N-dealkylation sites (tertiary alicyclic amines) is 3. The molecule has 0 spiro atoms. The number of aryl methyl sites for hydroxylation is 2. The fourth-order valence-corrected chi connectivity index (χ4v) is 6.98. The van der Waals surface area contributed by atoms with Crippen LogP contribution in [0, 0.1) is 17.2 Å². The van der Waals surface area contributed by atoms with Gasteiger partial charge in [-0.1, -0.05) is 55.5 Å². The number of rotatable bonds is 4. The van der Waals surface area contributed by atoms with Gasteiger partial charge in [0.1, 0.15) is 6.04 Å². The number of nitrogens with two attached hydrogens (primary N) is 1. The van der Waals surface area contributed by atoms with Crippen molar-refractivity contribution in [2.24, 2.45) is 11.7 Å². The molecule has 0 aromatic heterocycles. The van der Waals surface area contributed by atoms with Gasteiger partial charge in [0.05, 0.1) is 24.2 Å². The molecule has 2 aromatic carbocycles. The molecule has 5 atom stereocenters. The zero-order valence-electron chi connectivity index (χ0n) is 20.7. The van der Waals surface area contributed by atoms with E-state index in [2.05, 4.69) is 71.3 Å². The highest BCUT2D eigenvalue weighted by Gasteiger charge is 2.53. The Balaban J connectivity index is 1.23. The molecule has 2 amide bonds. The summed E-state index contributed by atoms with van der Waals surface area (Å²) in [6, 6.07) is 17.9. The van der Waals surface area contributed by atoms with Crippen LogP contribution in [0.2, 0.25) is 0 Å². The molecule has 4 unspecified atom stereocenters. The molecule has 2 bridgehead atoms. The van der Waals surface area contributed by atoms with Crippen molar-refractivity contribution in [2.45, 2.75) is 62.8 Å². The Labute approximate surface area is 212 Å². The van der Waals surface area contributed by atoms with Gasteiger partial charge in [-0.2, -0.15) is 5.26 Å². The van der Waals surface area contributed by atoms with Gasteiger partial charge in [-0.15, -0.1) is 0 Å². The van der Waals surface area contributed by atoms with Crippen LogP contribution in [0.15, 0.2) is 48.5 Å². The lowest BCUT2D eigenvalue weighted by Gasteiger charge is -2.40. The van der Waals surface area contributed by atoms with E-state index in [0.717, 1.165) is 25.8 Å². The molecule has 3 aliphatic heterocycles. The largest absolute Gasteiger partial charge is 0.326 e. The quantitative estimate of drug-likeness (QED) is 0.720. The van der Waals surface area contributed by atoms with Gasteiger partial charge in [0, 0.05) is 25.7 Å². The van der Waals surface area contributed by atoms with E-state index < -0.39 is 12.1 Å². The lowest BCUT2D eigenvalue weighted by Crippen LogP contribution is -2.57. The summed E-state index contributed by atoms with van der Waals surface area (Å²) in [6.07, 6.45) is 3.41. The molecule has 3 heterocycles. The van der Waals surface area contributed by atoms with Crippen molar-refractivity contribution >= 4 is 11.8 Å². The van der Waals surface area contributed by atoms with Crippen LogP contribution in [0.25, 0.3) is 0 Å². The molecular formula is C29H33N5O2. The molecule has 186 valence electrons. The minimum absolute atomic E-state index is 0.0812. The maximum Gasteiger partial charge on any atom is 0.241 e. The molecule has 7 heteroatoms. The second-order valence-electron chi connectivity index (χ2n) is 11.0. The SMILES string of the molecule is CC1CC(C#N)N(C(=O)C(N)CN2C[C@@H]3CC2C(=O)N3C2c3ccccc3CCc3ccccc32)C1. The Kier molecular flexibility index (Phi) is 5.82. The third-order valence-electron chi connectivity index (χ3n) is 8.65. The summed E-state index contributed by atoms with van der Waals surface area (Å²) >= 11 is 0. The van der Waals surface area contributed by atoms with E-state index in [1.807, 2.05) is 0 Å².